The maximum Gasteiger partial charge on any atom is 0.404 e. The summed E-state index contributed by atoms with van der Waals surface area (Å²) in [6, 6.07) is 1.75. The Balaban J connectivity index is 2.22. The summed E-state index contributed by atoms with van der Waals surface area (Å²) in [6.07, 6.45) is 1.53. The van der Waals surface area contributed by atoms with Gasteiger partial charge in [0.25, 0.3) is 0 Å². The van der Waals surface area contributed by atoms with Crippen molar-refractivity contribution < 1.29 is 9.45 Å². The van der Waals surface area contributed by atoms with Gasteiger partial charge in [0, 0.05) is 6.07 Å². The Kier molecular flexibility index (Phi) is 2.73. The molecule has 0 unspecified atom stereocenters. The van der Waals surface area contributed by atoms with Gasteiger partial charge in [0.15, 0.2) is 0 Å². The maximum atomic E-state index is 10.6. The molecule has 0 aliphatic rings. The van der Waals surface area contributed by atoms with E-state index in [1.54, 1.807) is 13.0 Å². The van der Waals surface area contributed by atoms with Gasteiger partial charge < -0.3 is 14.6 Å². The van der Waals surface area contributed by atoms with Crippen molar-refractivity contribution in [3.05, 3.63) is 38.3 Å². The van der Waals surface area contributed by atoms with E-state index in [4.69, 9.17) is 4.52 Å². The van der Waals surface area contributed by atoms with Gasteiger partial charge in [-0.05, 0) is 27.8 Å². The van der Waals surface area contributed by atoms with E-state index in [1.165, 1.54) is 10.9 Å². The van der Waals surface area contributed by atoms with Crippen LogP contribution in [-0.4, -0.2) is 19.9 Å². The van der Waals surface area contributed by atoms with E-state index in [-0.39, 0.29) is 5.82 Å². The number of hydrogen-bond donors (Lipinski definition) is 0. The lowest BCUT2D eigenvalue weighted by molar-refractivity contribution is -0.390. The van der Waals surface area contributed by atoms with Crippen molar-refractivity contribution in [3.8, 4) is 0 Å². The minimum Gasteiger partial charge on any atom is -0.361 e. The summed E-state index contributed by atoms with van der Waals surface area (Å²) < 4.78 is 6.66. The molecule has 0 aromatic carbocycles. The summed E-state index contributed by atoms with van der Waals surface area (Å²) >= 11 is 3.07. The molecular formula is C8H7BrN4O3. The van der Waals surface area contributed by atoms with E-state index >= 15 is 0 Å². The highest BCUT2D eigenvalue weighted by Gasteiger charge is 2.19. The van der Waals surface area contributed by atoms with Crippen molar-refractivity contribution >= 4 is 21.7 Å². The molecule has 2 aromatic heterocycles. The smallest absolute Gasteiger partial charge is 0.361 e. The van der Waals surface area contributed by atoms with Crippen molar-refractivity contribution in [1.29, 1.82) is 0 Å². The third-order valence-corrected chi connectivity index (χ3v) is 2.43. The molecule has 84 valence electrons. The summed E-state index contributed by atoms with van der Waals surface area (Å²) in [5.74, 6) is 0.482. The highest BCUT2D eigenvalue weighted by atomic mass is 79.9. The minimum atomic E-state index is -0.547. The molecular weight excluding hydrogens is 280 g/mol. The first-order chi connectivity index (χ1) is 7.56. The second-order valence-electron chi connectivity index (χ2n) is 3.18. The van der Waals surface area contributed by atoms with Gasteiger partial charge in [0.2, 0.25) is 0 Å². The topological polar surface area (TPSA) is 87.0 Å². The summed E-state index contributed by atoms with van der Waals surface area (Å²) in [6.45, 7) is 2.11. The number of hydrogen-bond acceptors (Lipinski definition) is 5. The lowest BCUT2D eigenvalue weighted by Crippen LogP contribution is -2.01. The molecule has 0 N–H and O–H groups in total. The van der Waals surface area contributed by atoms with Crippen LogP contribution in [0.15, 0.2) is 21.3 Å². The largest absolute Gasteiger partial charge is 0.404 e. The van der Waals surface area contributed by atoms with Gasteiger partial charge in [-0.1, -0.05) is 5.16 Å². The fraction of sp³-hybridized carbons (Fsp3) is 0.250. The summed E-state index contributed by atoms with van der Waals surface area (Å²) in [5, 5.41) is 18.1. The molecule has 0 spiro atoms. The monoisotopic (exact) mass is 286 g/mol. The van der Waals surface area contributed by atoms with Crippen molar-refractivity contribution in [2.24, 2.45) is 0 Å². The van der Waals surface area contributed by atoms with E-state index in [0.29, 0.717) is 22.5 Å². The first-order valence-electron chi connectivity index (χ1n) is 4.36. The lowest BCUT2D eigenvalue weighted by atomic mass is 10.4. The van der Waals surface area contributed by atoms with Crippen LogP contribution in [0.25, 0.3) is 0 Å². The van der Waals surface area contributed by atoms with Crippen LogP contribution < -0.4 is 0 Å². The fourth-order valence-corrected chi connectivity index (χ4v) is 1.71. The molecule has 0 bridgehead atoms. The fourth-order valence-electron chi connectivity index (χ4n) is 1.25. The number of rotatable bonds is 3. The van der Waals surface area contributed by atoms with Gasteiger partial charge in [-0.3, -0.25) is 0 Å². The Morgan fingerprint density at radius 1 is 1.69 bits per heavy atom. The van der Waals surface area contributed by atoms with E-state index < -0.39 is 4.92 Å². The Bertz CT molecular complexity index is 533. The SMILES string of the molecule is Cc1cc(Cn2cc(Br)c([N+](=O)[O-])n2)no1. The van der Waals surface area contributed by atoms with Crippen LogP contribution >= 0.6 is 15.9 Å². The van der Waals surface area contributed by atoms with E-state index in [0.717, 1.165) is 0 Å². The molecule has 0 atom stereocenters. The first kappa shape index (κ1) is 10.8. The van der Waals surface area contributed by atoms with Crippen molar-refractivity contribution in [2.75, 3.05) is 0 Å². The first-order valence-corrected chi connectivity index (χ1v) is 5.15. The molecule has 0 aliphatic carbocycles. The normalized spacial score (nSPS) is 10.6. The molecule has 16 heavy (non-hydrogen) atoms. The van der Waals surface area contributed by atoms with Crippen LogP contribution in [-0.2, 0) is 6.54 Å². The zero-order chi connectivity index (χ0) is 11.7. The molecule has 0 saturated heterocycles. The van der Waals surface area contributed by atoms with Gasteiger partial charge in [-0.15, -0.1) is 0 Å². The maximum absolute atomic E-state index is 10.6. The van der Waals surface area contributed by atoms with Gasteiger partial charge >= 0.3 is 5.82 Å². The van der Waals surface area contributed by atoms with E-state index in [1.807, 2.05) is 0 Å². The predicted molar refractivity (Wildman–Crippen MR) is 56.9 cm³/mol. The Morgan fingerprint density at radius 3 is 2.94 bits per heavy atom. The van der Waals surface area contributed by atoms with Crippen LogP contribution in [0.3, 0.4) is 0 Å². The van der Waals surface area contributed by atoms with E-state index in [2.05, 4.69) is 26.2 Å². The highest BCUT2D eigenvalue weighted by molar-refractivity contribution is 9.10. The Morgan fingerprint density at radius 2 is 2.44 bits per heavy atom. The van der Waals surface area contributed by atoms with E-state index in [9.17, 15) is 10.1 Å². The van der Waals surface area contributed by atoms with Crippen LogP contribution in [0.1, 0.15) is 11.5 Å². The second kappa shape index (κ2) is 4.05. The van der Waals surface area contributed by atoms with Crippen LogP contribution in [0.5, 0.6) is 0 Å². The second-order valence-corrected chi connectivity index (χ2v) is 4.04. The highest BCUT2D eigenvalue weighted by Crippen LogP contribution is 2.22. The zero-order valence-electron chi connectivity index (χ0n) is 8.25. The summed E-state index contributed by atoms with van der Waals surface area (Å²) in [4.78, 5) is 10.0. The zero-order valence-corrected chi connectivity index (χ0v) is 9.84. The van der Waals surface area contributed by atoms with Gasteiger partial charge in [0.1, 0.15) is 22.5 Å². The molecule has 7 nitrogen and oxygen atoms in total. The molecule has 0 saturated carbocycles. The summed E-state index contributed by atoms with van der Waals surface area (Å²) in [5.41, 5.74) is 0.669. The number of aryl methyl sites for hydroxylation is 1. The molecule has 2 heterocycles. The standard InChI is InChI=1S/C8H7BrN4O3/c1-5-2-6(11-16-5)3-12-4-7(9)8(10-12)13(14)15/h2,4H,3H2,1H3. The number of nitro groups is 1. The molecule has 2 rings (SSSR count). The average molecular weight is 287 g/mol. The number of nitrogens with zero attached hydrogens (tertiary/aromatic N) is 4. The van der Waals surface area contributed by atoms with Crippen LogP contribution in [0.4, 0.5) is 5.82 Å². The minimum absolute atomic E-state index is 0.208. The number of halogens is 1. The average Bonchev–Trinajstić information content (AvgIpc) is 2.73. The molecule has 0 amide bonds. The van der Waals surface area contributed by atoms with Gasteiger partial charge in [-0.25, -0.2) is 0 Å². The Labute approximate surface area is 98.3 Å². The van der Waals surface area contributed by atoms with Crippen LogP contribution in [0.2, 0.25) is 0 Å². The van der Waals surface area contributed by atoms with Crippen molar-refractivity contribution in [1.82, 2.24) is 14.9 Å². The predicted octanol–water partition coefficient (Wildman–Crippen LogP) is 1.90. The molecule has 0 radical (unpaired) electrons. The van der Waals surface area contributed by atoms with Gasteiger partial charge in [-0.2, -0.15) is 4.68 Å². The Hall–Kier alpha value is -1.70. The molecule has 0 aliphatic heterocycles. The van der Waals surface area contributed by atoms with Gasteiger partial charge in [0.05, 0.1) is 11.3 Å². The molecule has 8 heteroatoms. The van der Waals surface area contributed by atoms with Crippen molar-refractivity contribution in [2.45, 2.75) is 13.5 Å². The molecule has 0 fully saturated rings. The van der Waals surface area contributed by atoms with Crippen molar-refractivity contribution in [3.63, 3.8) is 0 Å². The third kappa shape index (κ3) is 2.11. The molecule has 2 aromatic rings. The summed E-state index contributed by atoms with van der Waals surface area (Å²) in [7, 11) is 0. The van der Waals surface area contributed by atoms with Crippen LogP contribution in [0, 0.1) is 17.0 Å². The quantitative estimate of drug-likeness (QED) is 0.635. The third-order valence-electron chi connectivity index (χ3n) is 1.87. The lowest BCUT2D eigenvalue weighted by Gasteiger charge is -1.89. The number of aromatic nitrogens is 3.